The number of nitrogens with zero attached hydrogens (tertiary/aromatic N) is 1. The minimum atomic E-state index is -0.484. The van der Waals surface area contributed by atoms with E-state index in [2.05, 4.69) is 10.3 Å². The van der Waals surface area contributed by atoms with E-state index in [4.69, 9.17) is 10.5 Å². The molecule has 0 saturated heterocycles. The molecule has 0 atom stereocenters. The van der Waals surface area contributed by atoms with Crippen LogP contribution in [-0.4, -0.2) is 23.2 Å². The first-order valence-electron chi connectivity index (χ1n) is 6.13. The van der Waals surface area contributed by atoms with E-state index < -0.39 is 11.7 Å². The Balaban J connectivity index is 2.47. The highest BCUT2D eigenvalue weighted by Gasteiger charge is 2.14. The van der Waals surface area contributed by atoms with Crippen LogP contribution in [0.15, 0.2) is 18.3 Å². The SMILES string of the molecule is Cc1ncc(N)cc1C=CCNC(=O)OC(C)(C)C. The number of carbonyl (C=O) groups excluding carboxylic acids is 1. The molecular weight excluding hydrogens is 242 g/mol. The third kappa shape index (κ3) is 5.90. The number of nitrogens with one attached hydrogen (secondary N) is 1. The van der Waals surface area contributed by atoms with Crippen LogP contribution in [0.3, 0.4) is 0 Å². The number of nitrogens with two attached hydrogens (primary N) is 1. The highest BCUT2D eigenvalue weighted by atomic mass is 16.6. The number of hydrogen-bond acceptors (Lipinski definition) is 4. The molecule has 5 nitrogen and oxygen atoms in total. The van der Waals surface area contributed by atoms with Crippen molar-refractivity contribution < 1.29 is 9.53 Å². The molecule has 1 heterocycles. The van der Waals surface area contributed by atoms with Crippen LogP contribution in [0.1, 0.15) is 32.0 Å². The maximum atomic E-state index is 11.4. The average Bonchev–Trinajstić information content (AvgIpc) is 2.26. The molecule has 1 amide bonds. The minimum Gasteiger partial charge on any atom is -0.444 e. The first kappa shape index (κ1) is 15.0. The molecule has 3 N–H and O–H groups in total. The van der Waals surface area contributed by atoms with Crippen LogP contribution in [0.25, 0.3) is 6.08 Å². The number of aromatic nitrogens is 1. The van der Waals surface area contributed by atoms with Gasteiger partial charge >= 0.3 is 6.09 Å². The molecule has 0 bridgehead atoms. The number of pyridine rings is 1. The van der Waals surface area contributed by atoms with Crippen molar-refractivity contribution in [1.29, 1.82) is 0 Å². The zero-order chi connectivity index (χ0) is 14.5. The molecule has 5 heteroatoms. The highest BCUT2D eigenvalue weighted by Crippen LogP contribution is 2.11. The number of amides is 1. The van der Waals surface area contributed by atoms with Gasteiger partial charge in [-0.05, 0) is 39.3 Å². The smallest absolute Gasteiger partial charge is 0.407 e. The molecular formula is C14H21N3O2. The summed E-state index contributed by atoms with van der Waals surface area (Å²) in [7, 11) is 0. The lowest BCUT2D eigenvalue weighted by Gasteiger charge is -2.19. The molecule has 104 valence electrons. The summed E-state index contributed by atoms with van der Waals surface area (Å²) >= 11 is 0. The molecule has 0 aliphatic heterocycles. The van der Waals surface area contributed by atoms with Gasteiger partial charge in [-0.25, -0.2) is 4.79 Å². The Labute approximate surface area is 113 Å². The minimum absolute atomic E-state index is 0.392. The maximum Gasteiger partial charge on any atom is 0.407 e. The summed E-state index contributed by atoms with van der Waals surface area (Å²) in [6, 6.07) is 1.84. The van der Waals surface area contributed by atoms with Crippen LogP contribution in [0.5, 0.6) is 0 Å². The maximum absolute atomic E-state index is 11.4. The van der Waals surface area contributed by atoms with Gasteiger partial charge < -0.3 is 15.8 Å². The lowest BCUT2D eigenvalue weighted by atomic mass is 10.2. The van der Waals surface area contributed by atoms with Gasteiger partial charge in [0.05, 0.1) is 11.9 Å². The van der Waals surface area contributed by atoms with Gasteiger partial charge in [0.2, 0.25) is 0 Å². The number of aryl methyl sites for hydroxylation is 1. The Morgan fingerprint density at radius 2 is 2.21 bits per heavy atom. The van der Waals surface area contributed by atoms with E-state index in [-0.39, 0.29) is 0 Å². The second kappa shape index (κ2) is 6.22. The van der Waals surface area contributed by atoms with Crippen LogP contribution in [0.2, 0.25) is 0 Å². The molecule has 19 heavy (non-hydrogen) atoms. The third-order valence-corrected chi connectivity index (χ3v) is 2.21. The first-order valence-corrected chi connectivity index (χ1v) is 6.13. The molecule has 0 aliphatic rings. The van der Waals surface area contributed by atoms with Crippen LogP contribution >= 0.6 is 0 Å². The number of ether oxygens (including phenoxy) is 1. The molecule has 0 aromatic carbocycles. The largest absolute Gasteiger partial charge is 0.444 e. The normalized spacial score (nSPS) is 11.6. The first-order chi connectivity index (χ1) is 8.78. The summed E-state index contributed by atoms with van der Waals surface area (Å²) in [6.07, 6.45) is 4.88. The number of nitrogen functional groups attached to an aromatic ring is 1. The predicted octanol–water partition coefficient (Wildman–Crippen LogP) is 2.51. The van der Waals surface area contributed by atoms with Crippen molar-refractivity contribution >= 4 is 17.9 Å². The second-order valence-corrected chi connectivity index (χ2v) is 5.23. The lowest BCUT2D eigenvalue weighted by Crippen LogP contribution is -2.32. The van der Waals surface area contributed by atoms with E-state index >= 15 is 0 Å². The quantitative estimate of drug-likeness (QED) is 0.878. The molecule has 0 fully saturated rings. The Morgan fingerprint density at radius 1 is 1.53 bits per heavy atom. The summed E-state index contributed by atoms with van der Waals surface area (Å²) in [5.41, 5.74) is 7.62. The van der Waals surface area contributed by atoms with E-state index in [9.17, 15) is 4.79 Å². The third-order valence-electron chi connectivity index (χ3n) is 2.21. The summed E-state index contributed by atoms with van der Waals surface area (Å²) < 4.78 is 5.12. The highest BCUT2D eigenvalue weighted by molar-refractivity contribution is 5.68. The standard InChI is InChI=1S/C14H21N3O2/c1-10-11(8-12(15)9-17-10)6-5-7-16-13(18)19-14(2,3)4/h5-6,8-9H,7,15H2,1-4H3,(H,16,18). The predicted molar refractivity (Wildman–Crippen MR) is 76.7 cm³/mol. The molecule has 1 aromatic rings. The molecule has 1 aromatic heterocycles. The van der Waals surface area contributed by atoms with Gasteiger partial charge in [0.25, 0.3) is 0 Å². The molecule has 0 unspecified atom stereocenters. The van der Waals surface area contributed by atoms with Crippen molar-refractivity contribution in [3.63, 3.8) is 0 Å². The van der Waals surface area contributed by atoms with E-state index in [0.717, 1.165) is 11.3 Å². The Morgan fingerprint density at radius 3 is 2.84 bits per heavy atom. The van der Waals surface area contributed by atoms with Crippen molar-refractivity contribution in [2.24, 2.45) is 0 Å². The van der Waals surface area contributed by atoms with Crippen LogP contribution < -0.4 is 11.1 Å². The number of carbonyl (C=O) groups is 1. The molecule has 1 rings (SSSR count). The van der Waals surface area contributed by atoms with Crippen molar-refractivity contribution in [3.05, 3.63) is 29.6 Å². The van der Waals surface area contributed by atoms with E-state index in [1.807, 2.05) is 45.9 Å². The molecule has 0 saturated carbocycles. The van der Waals surface area contributed by atoms with Crippen LogP contribution in [0, 0.1) is 6.92 Å². The zero-order valence-corrected chi connectivity index (χ0v) is 11.9. The van der Waals surface area contributed by atoms with Crippen LogP contribution in [0.4, 0.5) is 10.5 Å². The average molecular weight is 263 g/mol. The van der Waals surface area contributed by atoms with Crippen molar-refractivity contribution in [3.8, 4) is 0 Å². The number of anilines is 1. The second-order valence-electron chi connectivity index (χ2n) is 5.23. The van der Waals surface area contributed by atoms with E-state index in [1.165, 1.54) is 0 Å². The van der Waals surface area contributed by atoms with E-state index in [1.54, 1.807) is 6.20 Å². The van der Waals surface area contributed by atoms with Crippen LogP contribution in [-0.2, 0) is 4.74 Å². The zero-order valence-electron chi connectivity index (χ0n) is 11.9. The summed E-state index contributed by atoms with van der Waals surface area (Å²) in [5.74, 6) is 0. The van der Waals surface area contributed by atoms with E-state index in [0.29, 0.717) is 12.2 Å². The summed E-state index contributed by atoms with van der Waals surface area (Å²) in [4.78, 5) is 15.5. The number of rotatable bonds is 3. The molecule has 0 spiro atoms. The summed E-state index contributed by atoms with van der Waals surface area (Å²) in [5, 5.41) is 2.64. The van der Waals surface area contributed by atoms with Gasteiger partial charge in [0.15, 0.2) is 0 Å². The van der Waals surface area contributed by atoms with Crippen molar-refractivity contribution in [2.75, 3.05) is 12.3 Å². The van der Waals surface area contributed by atoms with Gasteiger partial charge in [-0.15, -0.1) is 0 Å². The summed E-state index contributed by atoms with van der Waals surface area (Å²) in [6.45, 7) is 7.77. The topological polar surface area (TPSA) is 77.2 Å². The van der Waals surface area contributed by atoms with Crippen molar-refractivity contribution in [1.82, 2.24) is 10.3 Å². The monoisotopic (exact) mass is 263 g/mol. The fourth-order valence-electron chi connectivity index (χ4n) is 1.38. The van der Waals surface area contributed by atoms with Gasteiger partial charge in [-0.3, -0.25) is 4.98 Å². The fraction of sp³-hybridized carbons (Fsp3) is 0.429. The van der Waals surface area contributed by atoms with Gasteiger partial charge in [0.1, 0.15) is 5.60 Å². The Kier molecular flexibility index (Phi) is 4.92. The van der Waals surface area contributed by atoms with Gasteiger partial charge in [-0.1, -0.05) is 12.2 Å². The molecule has 0 radical (unpaired) electrons. The fourth-order valence-corrected chi connectivity index (χ4v) is 1.38. The van der Waals surface area contributed by atoms with Crippen molar-refractivity contribution in [2.45, 2.75) is 33.3 Å². The van der Waals surface area contributed by atoms with Gasteiger partial charge in [0, 0.05) is 12.2 Å². The Bertz CT molecular complexity index is 476. The number of alkyl carbamates (subject to hydrolysis) is 1. The molecule has 0 aliphatic carbocycles. The van der Waals surface area contributed by atoms with Gasteiger partial charge in [-0.2, -0.15) is 0 Å². The number of hydrogen-bond donors (Lipinski definition) is 2. The lowest BCUT2D eigenvalue weighted by molar-refractivity contribution is 0.0534. The Hall–Kier alpha value is -2.04.